The number of nitrogens with zero attached hydrogens (tertiary/aromatic N) is 6. The number of carbonyl (C=O) groups excluding carboxylic acids is 3. The number of aromatic nitrogens is 6. The number of hydrogen-bond donors (Lipinski definition) is 6. The van der Waals surface area contributed by atoms with Crippen LogP contribution in [0.25, 0.3) is 0 Å². The number of para-hydroxylation sites is 4. The molecule has 71 heavy (non-hydrogen) atoms. The number of nitrogen functional groups attached to an aromatic ring is 2. The number of anilines is 2. The molecule has 0 saturated carbocycles. The molecule has 0 unspecified atom stereocenters. The summed E-state index contributed by atoms with van der Waals surface area (Å²) < 4.78 is 21.9. The van der Waals surface area contributed by atoms with Gasteiger partial charge in [0.05, 0.1) is 45.5 Å². The van der Waals surface area contributed by atoms with Gasteiger partial charge in [-0.2, -0.15) is 9.97 Å². The summed E-state index contributed by atoms with van der Waals surface area (Å²) in [5.74, 6) is 4.72. The Kier molecular flexibility index (Phi) is 20.0. The van der Waals surface area contributed by atoms with Crippen molar-refractivity contribution in [3.63, 3.8) is 0 Å². The van der Waals surface area contributed by atoms with Crippen LogP contribution in [0.1, 0.15) is 46.2 Å². The van der Waals surface area contributed by atoms with Gasteiger partial charge in [0, 0.05) is 0 Å². The van der Waals surface area contributed by atoms with Gasteiger partial charge >= 0.3 is 0 Å². The van der Waals surface area contributed by atoms with Crippen LogP contribution in [0.3, 0.4) is 0 Å². The van der Waals surface area contributed by atoms with Crippen molar-refractivity contribution in [3.05, 3.63) is 183 Å². The Hall–Kier alpha value is -8.78. The molecule has 6 aromatic carbocycles. The Labute approximate surface area is 421 Å². The number of Topliss-reactive ketones (excluding diaryl/α,β-unsaturated/α-hetero) is 2. The maximum Gasteiger partial charge on any atom is 0.298 e. The maximum atomic E-state index is 12.6. The highest BCUT2D eigenvalue weighted by atomic mass is 35.5. The second-order valence-corrected chi connectivity index (χ2v) is 15.3. The number of amidine groups is 2. The Morgan fingerprint density at radius 1 is 0.521 bits per heavy atom. The fourth-order valence-corrected chi connectivity index (χ4v) is 6.70. The molecular weight excluding hydrogens is 975 g/mol. The molecule has 0 aliphatic carbocycles. The summed E-state index contributed by atoms with van der Waals surface area (Å²) in [6.07, 6.45) is 0.526. The highest BCUT2D eigenvalue weighted by molar-refractivity contribution is 6.35. The van der Waals surface area contributed by atoms with Gasteiger partial charge in [0.2, 0.25) is 11.9 Å². The second kappa shape index (κ2) is 26.7. The third kappa shape index (κ3) is 16.2. The number of carbonyl (C=O) groups is 3. The smallest absolute Gasteiger partial charge is 0.298 e. The Bertz CT molecular complexity index is 2930. The number of nitrogens with two attached hydrogens (primary N) is 4. The van der Waals surface area contributed by atoms with Crippen molar-refractivity contribution in [1.29, 1.82) is 0 Å². The molecule has 0 saturated heterocycles. The van der Waals surface area contributed by atoms with E-state index in [-0.39, 0.29) is 49.5 Å². The topological polar surface area (TPSA) is 300 Å². The lowest BCUT2D eigenvalue weighted by atomic mass is 10.1. The lowest BCUT2D eigenvalue weighted by Crippen LogP contribution is -2.16. The minimum Gasteiger partial charge on any atom is -0.457 e. The zero-order valence-corrected chi connectivity index (χ0v) is 38.8. The summed E-state index contributed by atoms with van der Waals surface area (Å²) in [6, 6.07) is 42.7. The highest BCUT2D eigenvalue weighted by Crippen LogP contribution is 2.37. The van der Waals surface area contributed by atoms with E-state index in [0.717, 1.165) is 0 Å². The molecule has 0 spiro atoms. The van der Waals surface area contributed by atoms with Crippen molar-refractivity contribution in [2.45, 2.75) is 26.7 Å². The standard InChI is InChI=1S/2C16H13ClN4O2.C13H9ClO3.C3H6N4.CH4/c2*17-11-7-4-8-13(23-10-5-2-1-3-6-10)15(11)12(22)9-14-19-16(18)21-20-14;14-11-7-4-8-12(13(11)16-9-15)17-10-5-2-1-3-6-10;4-2-1-3(5)7-6-2;/h2*1-8H,9H2,(H3,18,19,20,21);1-9H;1H2,(H2,4,6)(H2,5,7);1H4. The number of nitrogens with one attached hydrogen (secondary N) is 2. The number of ketones is 2. The average molecular weight is 1020 g/mol. The Balaban J connectivity index is 0.000000186. The summed E-state index contributed by atoms with van der Waals surface area (Å²) >= 11 is 18.3. The van der Waals surface area contributed by atoms with Crippen molar-refractivity contribution >= 4 is 76.4 Å². The number of hydrogen-bond acceptors (Lipinski definition) is 17. The maximum absolute atomic E-state index is 12.6. The first-order chi connectivity index (χ1) is 33.9. The quantitative estimate of drug-likeness (QED) is 0.0436. The van der Waals surface area contributed by atoms with Crippen molar-refractivity contribution < 1.29 is 33.3 Å². The lowest BCUT2D eigenvalue weighted by molar-refractivity contribution is -0.120. The number of halogens is 3. The summed E-state index contributed by atoms with van der Waals surface area (Å²) in [5, 5.41) is 20.5. The van der Waals surface area contributed by atoms with Gasteiger partial charge in [0.1, 0.15) is 52.1 Å². The zero-order valence-electron chi connectivity index (χ0n) is 36.5. The molecule has 8 aromatic rings. The van der Waals surface area contributed by atoms with E-state index in [2.05, 4.69) is 40.6 Å². The normalized spacial score (nSPS) is 11.0. The van der Waals surface area contributed by atoms with Gasteiger partial charge in [0.15, 0.2) is 23.1 Å². The van der Waals surface area contributed by atoms with E-state index in [1.807, 2.05) is 54.6 Å². The van der Waals surface area contributed by atoms with Crippen LogP contribution in [0.4, 0.5) is 11.9 Å². The van der Waals surface area contributed by atoms with Gasteiger partial charge in [-0.05, 0) is 72.8 Å². The largest absolute Gasteiger partial charge is 0.457 e. The van der Waals surface area contributed by atoms with Crippen LogP contribution in [0.15, 0.2) is 156 Å². The van der Waals surface area contributed by atoms with Crippen LogP contribution < -0.4 is 41.9 Å². The monoisotopic (exact) mass is 1020 g/mol. The van der Waals surface area contributed by atoms with Gasteiger partial charge in [-0.25, -0.2) is 0 Å². The summed E-state index contributed by atoms with van der Waals surface area (Å²) in [6.45, 7) is 0.319. The van der Waals surface area contributed by atoms with Crippen LogP contribution in [0, 0.1) is 0 Å². The van der Waals surface area contributed by atoms with Gasteiger partial charge in [-0.1, -0.05) is 115 Å². The van der Waals surface area contributed by atoms with Crippen LogP contribution in [0.2, 0.25) is 15.1 Å². The molecule has 1 aliphatic heterocycles. The van der Waals surface area contributed by atoms with E-state index >= 15 is 0 Å². The predicted molar refractivity (Wildman–Crippen MR) is 273 cm³/mol. The van der Waals surface area contributed by atoms with Gasteiger partial charge in [0.25, 0.3) is 6.47 Å². The van der Waals surface area contributed by atoms with Crippen LogP contribution >= 0.6 is 34.8 Å². The van der Waals surface area contributed by atoms with E-state index in [4.69, 9.17) is 76.7 Å². The van der Waals surface area contributed by atoms with Crippen LogP contribution in [0.5, 0.6) is 40.2 Å². The summed E-state index contributed by atoms with van der Waals surface area (Å²) in [5.41, 5.74) is 21.8. The van der Waals surface area contributed by atoms with Crippen molar-refractivity contribution in [2.75, 3.05) is 11.5 Å². The molecule has 3 heterocycles. The SMILES string of the molecule is C.NC1=NN=C(N)C1.Nc1n[nH]c(CC(=O)c2c(Cl)cccc2Oc2ccccc2)n1.Nc1n[nH]c(CC(=O)c2c(Cl)cccc2Oc2ccccc2)n1.O=COc1c(Cl)cccc1Oc1ccccc1. The molecule has 19 nitrogen and oxygen atoms in total. The molecule has 0 atom stereocenters. The van der Waals surface area contributed by atoms with Crippen molar-refractivity contribution in [2.24, 2.45) is 21.7 Å². The molecule has 0 radical (unpaired) electrons. The molecule has 0 fully saturated rings. The molecule has 10 N–H and O–H groups in total. The lowest BCUT2D eigenvalue weighted by Gasteiger charge is -2.11. The second-order valence-electron chi connectivity index (χ2n) is 14.1. The fourth-order valence-electron chi connectivity index (χ4n) is 5.94. The first kappa shape index (κ1) is 53.2. The number of ether oxygens (including phenoxy) is 4. The van der Waals surface area contributed by atoms with E-state index in [0.29, 0.717) is 96.9 Å². The van der Waals surface area contributed by atoms with Gasteiger partial charge in [-0.3, -0.25) is 24.6 Å². The number of aromatic amines is 2. The van der Waals surface area contributed by atoms with Crippen molar-refractivity contribution in [1.82, 2.24) is 30.4 Å². The van der Waals surface area contributed by atoms with E-state index < -0.39 is 0 Å². The number of benzene rings is 6. The highest BCUT2D eigenvalue weighted by Gasteiger charge is 2.21. The molecule has 9 rings (SSSR count). The van der Waals surface area contributed by atoms with E-state index in [1.54, 1.807) is 91.0 Å². The van der Waals surface area contributed by atoms with Crippen LogP contribution in [-0.2, 0) is 17.6 Å². The molecule has 364 valence electrons. The average Bonchev–Trinajstić information content (AvgIpc) is 4.08. The Morgan fingerprint density at radius 2 is 0.887 bits per heavy atom. The molecule has 22 heteroatoms. The number of rotatable bonds is 14. The van der Waals surface area contributed by atoms with Gasteiger partial charge in [-0.15, -0.1) is 20.4 Å². The van der Waals surface area contributed by atoms with Gasteiger partial charge < -0.3 is 41.9 Å². The zero-order chi connectivity index (χ0) is 49.8. The first-order valence-corrected chi connectivity index (χ1v) is 21.7. The molecule has 1 aliphatic rings. The molecule has 0 amide bonds. The van der Waals surface area contributed by atoms with E-state index in [1.165, 1.54) is 0 Å². The van der Waals surface area contributed by atoms with E-state index in [9.17, 15) is 14.4 Å². The minimum atomic E-state index is -0.238. The first-order valence-electron chi connectivity index (χ1n) is 20.6. The molecule has 0 bridgehead atoms. The third-order valence-corrected chi connectivity index (χ3v) is 9.87. The summed E-state index contributed by atoms with van der Waals surface area (Å²) in [4.78, 5) is 43.4. The Morgan fingerprint density at radius 3 is 1.23 bits per heavy atom. The summed E-state index contributed by atoms with van der Waals surface area (Å²) in [7, 11) is 0. The number of H-pyrrole nitrogens is 2. The fraction of sp³-hybridized carbons (Fsp3) is 0.0816. The molecular formula is C49H45Cl3N12O7. The predicted octanol–water partition coefficient (Wildman–Crippen LogP) is 9.84. The van der Waals surface area contributed by atoms with Crippen molar-refractivity contribution in [3.8, 4) is 40.2 Å². The minimum absolute atomic E-state index is 0. The van der Waals surface area contributed by atoms with Crippen LogP contribution in [-0.4, -0.2) is 60.1 Å². The molecule has 2 aromatic heterocycles. The third-order valence-electron chi connectivity index (χ3n) is 8.94.